The molecule has 0 aromatic heterocycles. The Morgan fingerprint density at radius 3 is 1.88 bits per heavy atom. The minimum atomic E-state index is -3.05. The summed E-state index contributed by atoms with van der Waals surface area (Å²) in [5.41, 5.74) is 0.970. The molecule has 0 radical (unpaired) electrons. The Balaban J connectivity index is 2.80. The first kappa shape index (κ1) is 14.4. The molecule has 0 unspecified atom stereocenters. The molecule has 0 aliphatic rings. The molecular formula is C13H21O3P. The van der Waals surface area contributed by atoms with Crippen LogP contribution in [0.5, 0.6) is 0 Å². The van der Waals surface area contributed by atoms with Crippen LogP contribution in [0.4, 0.5) is 0 Å². The normalized spacial score (nSPS) is 12.4. The molecule has 0 fully saturated rings. The molecule has 0 bridgehead atoms. The lowest BCUT2D eigenvalue weighted by molar-refractivity contribution is 0.141. The van der Waals surface area contributed by atoms with E-state index in [2.05, 4.69) is 0 Å². The van der Waals surface area contributed by atoms with Crippen molar-refractivity contribution in [3.05, 3.63) is 35.9 Å². The molecule has 4 heteroatoms. The molecule has 0 N–H and O–H groups in total. The van der Waals surface area contributed by atoms with E-state index in [4.69, 9.17) is 9.05 Å². The monoisotopic (exact) mass is 256 g/mol. The third kappa shape index (κ3) is 5.49. The van der Waals surface area contributed by atoms with E-state index < -0.39 is 7.60 Å². The van der Waals surface area contributed by atoms with Crippen molar-refractivity contribution in [2.45, 2.75) is 46.1 Å². The average molecular weight is 256 g/mol. The SMILES string of the molecule is CC(C)OP(=O)(Cc1ccccc1)OC(C)C. The van der Waals surface area contributed by atoms with Crippen LogP contribution in [0.15, 0.2) is 30.3 Å². The summed E-state index contributed by atoms with van der Waals surface area (Å²) < 4.78 is 23.5. The molecule has 0 atom stereocenters. The highest BCUT2D eigenvalue weighted by Crippen LogP contribution is 2.53. The summed E-state index contributed by atoms with van der Waals surface area (Å²) >= 11 is 0. The molecule has 0 amide bonds. The molecule has 17 heavy (non-hydrogen) atoms. The maximum absolute atomic E-state index is 12.6. The molecule has 0 saturated carbocycles. The van der Waals surface area contributed by atoms with Gasteiger partial charge < -0.3 is 9.05 Å². The Morgan fingerprint density at radius 2 is 1.47 bits per heavy atom. The van der Waals surface area contributed by atoms with Crippen LogP contribution in [0, 0.1) is 0 Å². The molecule has 0 spiro atoms. The van der Waals surface area contributed by atoms with E-state index in [1.165, 1.54) is 0 Å². The maximum Gasteiger partial charge on any atom is 0.335 e. The second kappa shape index (κ2) is 6.34. The molecule has 0 saturated heterocycles. The zero-order chi connectivity index (χ0) is 12.9. The lowest BCUT2D eigenvalue weighted by atomic mass is 10.2. The van der Waals surface area contributed by atoms with Gasteiger partial charge in [0.25, 0.3) is 0 Å². The predicted octanol–water partition coefficient (Wildman–Crippen LogP) is 4.23. The second-order valence-electron chi connectivity index (χ2n) is 4.56. The van der Waals surface area contributed by atoms with Crippen LogP contribution in [0.25, 0.3) is 0 Å². The van der Waals surface area contributed by atoms with E-state index >= 15 is 0 Å². The Bertz CT molecular complexity index is 360. The maximum atomic E-state index is 12.6. The van der Waals surface area contributed by atoms with E-state index in [1.54, 1.807) is 0 Å². The molecule has 0 heterocycles. The zero-order valence-corrected chi connectivity index (χ0v) is 11.8. The van der Waals surface area contributed by atoms with Gasteiger partial charge in [-0.3, -0.25) is 4.57 Å². The first-order valence-corrected chi connectivity index (χ1v) is 7.64. The molecule has 3 nitrogen and oxygen atoms in total. The van der Waals surface area contributed by atoms with Gasteiger partial charge in [0.15, 0.2) is 0 Å². The van der Waals surface area contributed by atoms with Crippen LogP contribution in [-0.4, -0.2) is 12.2 Å². The average Bonchev–Trinajstić information content (AvgIpc) is 2.15. The second-order valence-corrected chi connectivity index (χ2v) is 6.52. The van der Waals surface area contributed by atoms with Gasteiger partial charge in [0.1, 0.15) is 0 Å². The van der Waals surface area contributed by atoms with Gasteiger partial charge >= 0.3 is 7.60 Å². The molecule has 1 aromatic carbocycles. The largest absolute Gasteiger partial charge is 0.335 e. The van der Waals surface area contributed by atoms with Crippen molar-refractivity contribution in [1.29, 1.82) is 0 Å². The topological polar surface area (TPSA) is 35.5 Å². The van der Waals surface area contributed by atoms with E-state index in [0.717, 1.165) is 5.56 Å². The predicted molar refractivity (Wildman–Crippen MR) is 70.2 cm³/mol. The van der Waals surface area contributed by atoms with Crippen molar-refractivity contribution >= 4 is 7.60 Å². The highest BCUT2D eigenvalue weighted by Gasteiger charge is 2.27. The van der Waals surface area contributed by atoms with Crippen molar-refractivity contribution in [2.75, 3.05) is 0 Å². The summed E-state index contributed by atoms with van der Waals surface area (Å²) in [6.07, 6.45) is 0.107. The Morgan fingerprint density at radius 1 is 1.00 bits per heavy atom. The Kier molecular flexibility index (Phi) is 5.38. The number of hydrogen-bond donors (Lipinski definition) is 0. The summed E-state index contributed by atoms with van der Waals surface area (Å²) in [6, 6.07) is 9.63. The lowest BCUT2D eigenvalue weighted by Gasteiger charge is -2.22. The fourth-order valence-corrected chi connectivity index (χ4v) is 3.69. The first-order chi connectivity index (χ1) is 7.91. The van der Waals surface area contributed by atoms with E-state index in [1.807, 2.05) is 58.0 Å². The number of rotatable bonds is 6. The van der Waals surface area contributed by atoms with E-state index in [9.17, 15) is 4.57 Å². The minimum absolute atomic E-state index is 0.108. The summed E-state index contributed by atoms with van der Waals surface area (Å²) in [7, 11) is -3.05. The summed E-state index contributed by atoms with van der Waals surface area (Å²) in [5.74, 6) is 0. The van der Waals surface area contributed by atoms with Crippen molar-refractivity contribution in [2.24, 2.45) is 0 Å². The van der Waals surface area contributed by atoms with Gasteiger partial charge in [0.05, 0.1) is 18.4 Å². The third-order valence-electron chi connectivity index (χ3n) is 1.96. The molecule has 0 aliphatic heterocycles. The Hall–Kier alpha value is -0.630. The molecular weight excluding hydrogens is 235 g/mol. The standard InChI is InChI=1S/C13H21O3P/c1-11(2)15-17(14,16-12(3)4)10-13-8-6-5-7-9-13/h5-9,11-12H,10H2,1-4H3. The van der Waals surface area contributed by atoms with Crippen molar-refractivity contribution in [1.82, 2.24) is 0 Å². The molecule has 1 rings (SSSR count). The van der Waals surface area contributed by atoms with Crippen LogP contribution >= 0.6 is 7.60 Å². The van der Waals surface area contributed by atoms with Gasteiger partial charge in [-0.15, -0.1) is 0 Å². The van der Waals surface area contributed by atoms with Crippen molar-refractivity contribution in [3.63, 3.8) is 0 Å². The van der Waals surface area contributed by atoms with Gasteiger partial charge in [-0.25, -0.2) is 0 Å². The highest BCUT2D eigenvalue weighted by molar-refractivity contribution is 7.53. The van der Waals surface area contributed by atoms with Crippen LogP contribution in [0.2, 0.25) is 0 Å². The van der Waals surface area contributed by atoms with E-state index in [0.29, 0.717) is 6.16 Å². The zero-order valence-electron chi connectivity index (χ0n) is 10.9. The Labute approximate surface area is 104 Å². The summed E-state index contributed by atoms with van der Waals surface area (Å²) in [4.78, 5) is 0. The van der Waals surface area contributed by atoms with Gasteiger partial charge in [-0.2, -0.15) is 0 Å². The van der Waals surface area contributed by atoms with Gasteiger partial charge in [-0.1, -0.05) is 30.3 Å². The van der Waals surface area contributed by atoms with E-state index in [-0.39, 0.29) is 12.2 Å². The minimum Gasteiger partial charge on any atom is -0.306 e. The first-order valence-electron chi connectivity index (χ1n) is 5.91. The summed E-state index contributed by atoms with van der Waals surface area (Å²) in [5, 5.41) is 0. The van der Waals surface area contributed by atoms with Crippen LogP contribution in [-0.2, 0) is 19.8 Å². The fraction of sp³-hybridized carbons (Fsp3) is 0.538. The lowest BCUT2D eigenvalue weighted by Crippen LogP contribution is -2.09. The fourth-order valence-electron chi connectivity index (χ4n) is 1.55. The molecule has 1 aromatic rings. The van der Waals surface area contributed by atoms with Crippen LogP contribution in [0.3, 0.4) is 0 Å². The highest BCUT2D eigenvalue weighted by atomic mass is 31.2. The number of hydrogen-bond acceptors (Lipinski definition) is 3. The third-order valence-corrected chi connectivity index (χ3v) is 4.20. The smallest absolute Gasteiger partial charge is 0.306 e. The van der Waals surface area contributed by atoms with Gasteiger partial charge in [0, 0.05) is 0 Å². The van der Waals surface area contributed by atoms with Gasteiger partial charge in [0.2, 0.25) is 0 Å². The molecule has 0 aliphatic carbocycles. The van der Waals surface area contributed by atoms with Crippen molar-refractivity contribution in [3.8, 4) is 0 Å². The van der Waals surface area contributed by atoms with Crippen molar-refractivity contribution < 1.29 is 13.6 Å². The number of benzene rings is 1. The van der Waals surface area contributed by atoms with Crippen LogP contribution in [0.1, 0.15) is 33.3 Å². The summed E-state index contributed by atoms with van der Waals surface area (Å²) in [6.45, 7) is 7.45. The molecule has 96 valence electrons. The van der Waals surface area contributed by atoms with Crippen LogP contribution < -0.4 is 0 Å². The quantitative estimate of drug-likeness (QED) is 0.714. The van der Waals surface area contributed by atoms with Gasteiger partial charge in [-0.05, 0) is 33.3 Å².